The number of ether oxygens (including phenoxy) is 1. The van der Waals surface area contributed by atoms with Crippen LogP contribution in [0.2, 0.25) is 5.28 Å². The molecule has 0 unspecified atom stereocenters. The first-order valence-corrected chi connectivity index (χ1v) is 5.61. The van der Waals surface area contributed by atoms with E-state index in [9.17, 15) is 0 Å². The van der Waals surface area contributed by atoms with Crippen LogP contribution in [-0.4, -0.2) is 15.0 Å². The number of nitrogens with one attached hydrogen (secondary N) is 1. The highest BCUT2D eigenvalue weighted by Crippen LogP contribution is 2.22. The van der Waals surface area contributed by atoms with Crippen molar-refractivity contribution in [2.45, 2.75) is 13.5 Å². The third-order valence-electron chi connectivity index (χ3n) is 2.36. The maximum atomic E-state index is 5.65. The molecule has 0 saturated carbocycles. The largest absolute Gasteiger partial charge is 0.483 e. The monoisotopic (exact) mass is 265 g/mol. The predicted octanol–water partition coefficient (Wildman–Crippen LogP) is 1.70. The maximum absolute atomic E-state index is 5.65. The van der Waals surface area contributed by atoms with Crippen LogP contribution in [0.1, 0.15) is 11.3 Å². The Labute approximate surface area is 109 Å². The van der Waals surface area contributed by atoms with Gasteiger partial charge < -0.3 is 10.2 Å². The number of nitrogen functional groups attached to an aromatic ring is 1. The van der Waals surface area contributed by atoms with Crippen molar-refractivity contribution in [2.24, 2.45) is 5.84 Å². The number of nitrogens with zero attached hydrogens (tertiary/aromatic N) is 3. The van der Waals surface area contributed by atoms with Crippen molar-refractivity contribution in [3.63, 3.8) is 0 Å². The number of pyridine rings is 1. The summed E-state index contributed by atoms with van der Waals surface area (Å²) in [4.78, 5) is 11.9. The normalized spacial score (nSPS) is 10.2. The molecule has 0 bridgehead atoms. The lowest BCUT2D eigenvalue weighted by molar-refractivity contribution is 0.304. The van der Waals surface area contributed by atoms with Gasteiger partial charge in [0.2, 0.25) is 5.28 Å². The molecule has 0 radical (unpaired) electrons. The highest BCUT2D eigenvalue weighted by Gasteiger charge is 2.07. The first-order valence-electron chi connectivity index (χ1n) is 5.23. The maximum Gasteiger partial charge on any atom is 0.224 e. The van der Waals surface area contributed by atoms with Crippen molar-refractivity contribution in [2.75, 3.05) is 5.43 Å². The van der Waals surface area contributed by atoms with E-state index in [2.05, 4.69) is 20.4 Å². The Kier molecular flexibility index (Phi) is 3.91. The lowest BCUT2D eigenvalue weighted by Crippen LogP contribution is -2.11. The summed E-state index contributed by atoms with van der Waals surface area (Å²) in [7, 11) is 0. The Balaban J connectivity index is 2.13. The Morgan fingerprint density at radius 3 is 3.00 bits per heavy atom. The molecule has 0 spiro atoms. The Morgan fingerprint density at radius 1 is 1.44 bits per heavy atom. The number of rotatable bonds is 4. The summed E-state index contributed by atoms with van der Waals surface area (Å²) in [6.07, 6.45) is 3.20. The van der Waals surface area contributed by atoms with Crippen LogP contribution in [0.5, 0.6) is 5.75 Å². The first-order chi connectivity index (χ1) is 8.70. The molecule has 0 aliphatic heterocycles. The van der Waals surface area contributed by atoms with Crippen molar-refractivity contribution in [3.8, 4) is 5.75 Å². The molecular formula is C11H12ClN5O. The molecular weight excluding hydrogens is 254 g/mol. The van der Waals surface area contributed by atoms with Gasteiger partial charge >= 0.3 is 0 Å². The molecule has 6 nitrogen and oxygen atoms in total. The molecule has 2 heterocycles. The van der Waals surface area contributed by atoms with Crippen molar-refractivity contribution in [3.05, 3.63) is 41.1 Å². The fourth-order valence-corrected chi connectivity index (χ4v) is 1.52. The second-order valence-corrected chi connectivity index (χ2v) is 3.87. The van der Waals surface area contributed by atoms with Gasteiger partial charge in [-0.15, -0.1) is 0 Å². The summed E-state index contributed by atoms with van der Waals surface area (Å²) in [5.41, 5.74) is 4.30. The quantitative estimate of drug-likeness (QED) is 0.497. The van der Waals surface area contributed by atoms with Crippen molar-refractivity contribution >= 4 is 17.4 Å². The van der Waals surface area contributed by atoms with E-state index in [0.29, 0.717) is 18.2 Å². The molecule has 94 valence electrons. The van der Waals surface area contributed by atoms with E-state index < -0.39 is 0 Å². The van der Waals surface area contributed by atoms with Gasteiger partial charge in [0.25, 0.3) is 0 Å². The standard InChI is InChI=1S/C11H12ClN5O/c1-7-8(3-2-4-14-7)6-18-9-5-15-11(12)16-10(9)17-13/h2-5H,6,13H2,1H3,(H,15,16,17). The number of hydrazine groups is 1. The molecule has 0 aromatic carbocycles. The zero-order valence-corrected chi connectivity index (χ0v) is 10.5. The third-order valence-corrected chi connectivity index (χ3v) is 2.54. The zero-order chi connectivity index (χ0) is 13.0. The minimum absolute atomic E-state index is 0.104. The Hall–Kier alpha value is -1.92. The van der Waals surface area contributed by atoms with E-state index in [1.807, 2.05) is 19.1 Å². The summed E-state index contributed by atoms with van der Waals surface area (Å²) in [5, 5.41) is 0.104. The molecule has 7 heteroatoms. The zero-order valence-electron chi connectivity index (χ0n) is 9.72. The molecule has 0 atom stereocenters. The van der Waals surface area contributed by atoms with Crippen LogP contribution in [0.15, 0.2) is 24.5 Å². The highest BCUT2D eigenvalue weighted by molar-refractivity contribution is 6.28. The van der Waals surface area contributed by atoms with Crippen molar-refractivity contribution in [1.82, 2.24) is 15.0 Å². The Bertz CT molecular complexity index is 549. The van der Waals surface area contributed by atoms with Gasteiger partial charge in [0, 0.05) is 17.5 Å². The topological polar surface area (TPSA) is 86.0 Å². The minimum Gasteiger partial charge on any atom is -0.483 e. The minimum atomic E-state index is 0.104. The van der Waals surface area contributed by atoms with E-state index >= 15 is 0 Å². The van der Waals surface area contributed by atoms with E-state index in [4.69, 9.17) is 22.2 Å². The van der Waals surface area contributed by atoms with Gasteiger partial charge in [-0.25, -0.2) is 10.8 Å². The molecule has 0 saturated heterocycles. The van der Waals surface area contributed by atoms with Crippen LogP contribution in [0.4, 0.5) is 5.82 Å². The lowest BCUT2D eigenvalue weighted by atomic mass is 10.2. The Morgan fingerprint density at radius 2 is 2.28 bits per heavy atom. The van der Waals surface area contributed by atoms with E-state index in [1.54, 1.807) is 6.20 Å². The van der Waals surface area contributed by atoms with Gasteiger partial charge in [-0.3, -0.25) is 4.98 Å². The average molecular weight is 266 g/mol. The number of aromatic nitrogens is 3. The summed E-state index contributed by atoms with van der Waals surface area (Å²) in [6, 6.07) is 3.79. The van der Waals surface area contributed by atoms with E-state index in [0.717, 1.165) is 11.3 Å². The molecule has 2 aromatic heterocycles. The van der Waals surface area contributed by atoms with Crippen LogP contribution in [0.25, 0.3) is 0 Å². The van der Waals surface area contributed by atoms with Gasteiger partial charge in [0.15, 0.2) is 11.6 Å². The number of hydrogen-bond donors (Lipinski definition) is 2. The number of nitrogens with two attached hydrogens (primary N) is 1. The number of aryl methyl sites for hydroxylation is 1. The fraction of sp³-hybridized carbons (Fsp3) is 0.182. The number of hydrogen-bond acceptors (Lipinski definition) is 6. The van der Waals surface area contributed by atoms with E-state index in [-0.39, 0.29) is 5.28 Å². The smallest absolute Gasteiger partial charge is 0.224 e. The SMILES string of the molecule is Cc1ncccc1COc1cnc(Cl)nc1NN. The highest BCUT2D eigenvalue weighted by atomic mass is 35.5. The molecule has 18 heavy (non-hydrogen) atoms. The summed E-state index contributed by atoms with van der Waals surface area (Å²) < 4.78 is 5.58. The lowest BCUT2D eigenvalue weighted by Gasteiger charge is -2.10. The number of anilines is 1. The summed E-state index contributed by atoms with van der Waals surface area (Å²) in [6.45, 7) is 2.28. The van der Waals surface area contributed by atoms with Crippen LogP contribution < -0.4 is 16.0 Å². The fourth-order valence-electron chi connectivity index (χ4n) is 1.38. The van der Waals surface area contributed by atoms with Crippen molar-refractivity contribution < 1.29 is 4.74 Å². The average Bonchev–Trinajstić information content (AvgIpc) is 2.39. The van der Waals surface area contributed by atoms with Gasteiger partial charge in [0.05, 0.1) is 6.20 Å². The first kappa shape index (κ1) is 12.5. The van der Waals surface area contributed by atoms with Crippen LogP contribution >= 0.6 is 11.6 Å². The second-order valence-electron chi connectivity index (χ2n) is 3.53. The summed E-state index contributed by atoms with van der Waals surface area (Å²) in [5.74, 6) is 6.11. The van der Waals surface area contributed by atoms with Gasteiger partial charge in [-0.1, -0.05) is 6.07 Å². The second kappa shape index (κ2) is 5.61. The molecule has 0 amide bonds. The molecule has 0 aliphatic rings. The van der Waals surface area contributed by atoms with E-state index in [1.165, 1.54) is 6.20 Å². The van der Waals surface area contributed by atoms with Crippen LogP contribution in [0.3, 0.4) is 0 Å². The molecule has 0 fully saturated rings. The van der Waals surface area contributed by atoms with Crippen LogP contribution in [-0.2, 0) is 6.61 Å². The molecule has 0 aliphatic carbocycles. The number of halogens is 1. The summed E-state index contributed by atoms with van der Waals surface area (Å²) >= 11 is 5.65. The predicted molar refractivity (Wildman–Crippen MR) is 68.2 cm³/mol. The van der Waals surface area contributed by atoms with Gasteiger partial charge in [0.1, 0.15) is 6.61 Å². The molecule has 3 N–H and O–H groups in total. The molecule has 2 rings (SSSR count). The van der Waals surface area contributed by atoms with Gasteiger partial charge in [-0.05, 0) is 24.6 Å². The van der Waals surface area contributed by atoms with Gasteiger partial charge in [-0.2, -0.15) is 4.98 Å². The van der Waals surface area contributed by atoms with Crippen molar-refractivity contribution in [1.29, 1.82) is 0 Å². The van der Waals surface area contributed by atoms with Crippen LogP contribution in [0, 0.1) is 6.92 Å². The third kappa shape index (κ3) is 2.85. The molecule has 2 aromatic rings.